The lowest BCUT2D eigenvalue weighted by Gasteiger charge is -2.25. The van der Waals surface area contributed by atoms with Gasteiger partial charge in [0.05, 0.1) is 5.75 Å². The van der Waals surface area contributed by atoms with E-state index in [1.54, 1.807) is 11.8 Å². The van der Waals surface area contributed by atoms with E-state index in [9.17, 15) is 9.59 Å². The number of amides is 2. The Morgan fingerprint density at radius 3 is 2.77 bits per heavy atom. The Morgan fingerprint density at radius 2 is 2.00 bits per heavy atom. The number of carbonyl (C=O) groups is 2. The molecule has 0 unspecified atom stereocenters. The van der Waals surface area contributed by atoms with Crippen molar-refractivity contribution < 1.29 is 9.59 Å². The Balaban J connectivity index is 1.61. The van der Waals surface area contributed by atoms with Gasteiger partial charge in [0.1, 0.15) is 5.37 Å². The molecule has 1 aliphatic carbocycles. The van der Waals surface area contributed by atoms with Gasteiger partial charge in [-0.25, -0.2) is 0 Å². The molecule has 0 radical (unpaired) electrons. The minimum absolute atomic E-state index is 0.0626. The van der Waals surface area contributed by atoms with Crippen LogP contribution in [0.15, 0.2) is 48.5 Å². The molecule has 2 aromatic rings. The summed E-state index contributed by atoms with van der Waals surface area (Å²) in [5.41, 5.74) is 4.01. The lowest BCUT2D eigenvalue weighted by atomic mass is 10.1. The fraction of sp³-hybridized carbons (Fsp3) is 0.333. The number of nitrogens with zero attached hydrogens (tertiary/aromatic N) is 1. The quantitative estimate of drug-likeness (QED) is 0.854. The fourth-order valence-electron chi connectivity index (χ4n) is 3.24. The van der Waals surface area contributed by atoms with Gasteiger partial charge in [0, 0.05) is 17.3 Å². The zero-order chi connectivity index (χ0) is 18.1. The summed E-state index contributed by atoms with van der Waals surface area (Å²) in [5, 5.41) is 2.94. The monoisotopic (exact) mass is 366 g/mol. The molecule has 1 N–H and O–H groups in total. The summed E-state index contributed by atoms with van der Waals surface area (Å²) in [6.07, 6.45) is 2.91. The maximum Gasteiger partial charge on any atom is 0.238 e. The van der Waals surface area contributed by atoms with E-state index in [0.717, 1.165) is 36.2 Å². The van der Waals surface area contributed by atoms with Gasteiger partial charge >= 0.3 is 0 Å². The van der Waals surface area contributed by atoms with Crippen molar-refractivity contribution in [1.29, 1.82) is 0 Å². The number of rotatable bonds is 5. The number of thioether (sulfide) groups is 1. The molecule has 1 aliphatic heterocycles. The van der Waals surface area contributed by atoms with Crippen LogP contribution in [0, 0.1) is 5.92 Å². The van der Waals surface area contributed by atoms with Crippen molar-refractivity contribution >= 4 is 35.0 Å². The average molecular weight is 366 g/mol. The maximum atomic E-state index is 12.6. The number of benzene rings is 2. The third-order valence-corrected chi connectivity index (χ3v) is 6.06. The number of anilines is 2. The van der Waals surface area contributed by atoms with Crippen molar-refractivity contribution in [2.45, 2.75) is 31.6 Å². The van der Waals surface area contributed by atoms with Crippen LogP contribution in [0.2, 0.25) is 0 Å². The zero-order valence-corrected chi connectivity index (χ0v) is 15.6. The molecule has 0 spiro atoms. The van der Waals surface area contributed by atoms with Crippen LogP contribution < -0.4 is 10.2 Å². The predicted molar refractivity (Wildman–Crippen MR) is 106 cm³/mol. The molecule has 5 heteroatoms. The van der Waals surface area contributed by atoms with Crippen molar-refractivity contribution in [1.82, 2.24) is 0 Å². The number of aryl methyl sites for hydroxylation is 1. The van der Waals surface area contributed by atoms with Gasteiger partial charge in [-0.1, -0.05) is 31.2 Å². The van der Waals surface area contributed by atoms with E-state index < -0.39 is 0 Å². The van der Waals surface area contributed by atoms with E-state index in [-0.39, 0.29) is 23.1 Å². The lowest BCUT2D eigenvalue weighted by Crippen LogP contribution is -2.28. The smallest absolute Gasteiger partial charge is 0.238 e. The van der Waals surface area contributed by atoms with Gasteiger partial charge in [-0.2, -0.15) is 0 Å². The molecule has 2 fully saturated rings. The lowest BCUT2D eigenvalue weighted by molar-refractivity contribution is -0.117. The highest BCUT2D eigenvalue weighted by molar-refractivity contribution is 8.00. The van der Waals surface area contributed by atoms with Gasteiger partial charge in [0.25, 0.3) is 0 Å². The molecule has 1 heterocycles. The molecule has 4 rings (SSSR count). The summed E-state index contributed by atoms with van der Waals surface area (Å²) in [5.74, 6) is 0.875. The van der Waals surface area contributed by atoms with Gasteiger partial charge in [-0.3, -0.25) is 14.5 Å². The Hall–Kier alpha value is -2.27. The van der Waals surface area contributed by atoms with Crippen molar-refractivity contribution in [3.8, 4) is 0 Å². The first-order valence-corrected chi connectivity index (χ1v) is 10.1. The summed E-state index contributed by atoms with van der Waals surface area (Å²) in [4.78, 5) is 26.5. The second-order valence-corrected chi connectivity index (χ2v) is 7.91. The molecule has 0 aromatic heterocycles. The van der Waals surface area contributed by atoms with E-state index in [1.807, 2.05) is 41.3 Å². The van der Waals surface area contributed by atoms with Crippen LogP contribution in [0.25, 0.3) is 0 Å². The molecule has 2 amide bonds. The summed E-state index contributed by atoms with van der Waals surface area (Å²) in [6, 6.07) is 16.1. The first-order valence-electron chi connectivity index (χ1n) is 9.09. The molecule has 0 bridgehead atoms. The average Bonchev–Trinajstić information content (AvgIpc) is 3.44. The van der Waals surface area contributed by atoms with Crippen LogP contribution in [0.5, 0.6) is 0 Å². The van der Waals surface area contributed by atoms with Crippen LogP contribution in [-0.4, -0.2) is 17.6 Å². The Labute approximate surface area is 158 Å². The van der Waals surface area contributed by atoms with Crippen molar-refractivity contribution in [2.24, 2.45) is 5.92 Å². The van der Waals surface area contributed by atoms with Crippen LogP contribution in [0.3, 0.4) is 0 Å². The summed E-state index contributed by atoms with van der Waals surface area (Å²) in [7, 11) is 0. The molecule has 26 heavy (non-hydrogen) atoms. The summed E-state index contributed by atoms with van der Waals surface area (Å²) >= 11 is 1.63. The predicted octanol–water partition coefficient (Wildman–Crippen LogP) is 4.38. The molecule has 2 aliphatic rings. The first-order chi connectivity index (χ1) is 12.7. The van der Waals surface area contributed by atoms with E-state index >= 15 is 0 Å². The van der Waals surface area contributed by atoms with Crippen LogP contribution in [0.1, 0.15) is 36.3 Å². The summed E-state index contributed by atoms with van der Waals surface area (Å²) in [6.45, 7) is 2.11. The van der Waals surface area contributed by atoms with Gasteiger partial charge in [-0.05, 0) is 54.7 Å². The Bertz CT molecular complexity index is 847. The van der Waals surface area contributed by atoms with E-state index in [0.29, 0.717) is 5.75 Å². The highest BCUT2D eigenvalue weighted by Gasteiger charge is 2.34. The molecular weight excluding hydrogens is 344 g/mol. The van der Waals surface area contributed by atoms with Gasteiger partial charge in [0.2, 0.25) is 11.8 Å². The SMILES string of the molecule is CCc1cccc(N2C(=O)CS[C@H]2c2cccc(NC(=O)C3CC3)c2)c1. The zero-order valence-electron chi connectivity index (χ0n) is 14.8. The number of hydrogen-bond acceptors (Lipinski definition) is 3. The topological polar surface area (TPSA) is 49.4 Å². The largest absolute Gasteiger partial charge is 0.326 e. The number of nitrogens with one attached hydrogen (secondary N) is 1. The van der Waals surface area contributed by atoms with Gasteiger partial charge in [0.15, 0.2) is 0 Å². The molecular formula is C21H22N2O2S. The fourth-order valence-corrected chi connectivity index (χ4v) is 4.40. The normalized spacial score (nSPS) is 19.7. The highest BCUT2D eigenvalue weighted by Crippen LogP contribution is 2.42. The van der Waals surface area contributed by atoms with E-state index in [1.165, 1.54) is 5.56 Å². The molecule has 1 saturated heterocycles. The second kappa shape index (κ2) is 7.16. The van der Waals surface area contributed by atoms with Crippen LogP contribution >= 0.6 is 11.8 Å². The van der Waals surface area contributed by atoms with Gasteiger partial charge < -0.3 is 5.32 Å². The second-order valence-electron chi connectivity index (χ2n) is 6.84. The maximum absolute atomic E-state index is 12.6. The van der Waals surface area contributed by atoms with E-state index in [4.69, 9.17) is 0 Å². The minimum atomic E-state index is -0.0626. The third kappa shape index (κ3) is 3.49. The highest BCUT2D eigenvalue weighted by atomic mass is 32.2. The molecule has 134 valence electrons. The molecule has 2 aromatic carbocycles. The molecule has 1 saturated carbocycles. The minimum Gasteiger partial charge on any atom is -0.326 e. The summed E-state index contributed by atoms with van der Waals surface area (Å²) < 4.78 is 0. The van der Waals surface area contributed by atoms with Gasteiger partial charge in [-0.15, -0.1) is 11.8 Å². The number of hydrogen-bond donors (Lipinski definition) is 1. The third-order valence-electron chi connectivity index (χ3n) is 4.85. The standard InChI is InChI=1S/C21H22N2O2S/c1-2-14-5-3-8-18(11-14)23-19(24)13-26-21(23)16-6-4-7-17(12-16)22-20(25)15-9-10-15/h3-8,11-12,15,21H,2,9-10,13H2,1H3,(H,22,25)/t21-/m0/s1. The number of carbonyl (C=O) groups excluding carboxylic acids is 2. The van der Waals surface area contributed by atoms with E-state index in [2.05, 4.69) is 24.4 Å². The van der Waals surface area contributed by atoms with Crippen LogP contribution in [-0.2, 0) is 16.0 Å². The van der Waals surface area contributed by atoms with Crippen molar-refractivity contribution in [3.05, 3.63) is 59.7 Å². The molecule has 4 nitrogen and oxygen atoms in total. The first kappa shape index (κ1) is 17.2. The Kier molecular flexibility index (Phi) is 4.72. The van der Waals surface area contributed by atoms with Crippen molar-refractivity contribution in [3.63, 3.8) is 0 Å². The molecule has 1 atom stereocenters. The van der Waals surface area contributed by atoms with Crippen LogP contribution in [0.4, 0.5) is 11.4 Å². The van der Waals surface area contributed by atoms with Crippen molar-refractivity contribution in [2.75, 3.05) is 16.0 Å². The Morgan fingerprint density at radius 1 is 1.19 bits per heavy atom.